The van der Waals surface area contributed by atoms with E-state index in [1.54, 1.807) is 6.08 Å². The third-order valence-corrected chi connectivity index (χ3v) is 5.84. The second-order valence-corrected chi connectivity index (χ2v) is 8.93. The van der Waals surface area contributed by atoms with Gasteiger partial charge in [0.15, 0.2) is 0 Å². The van der Waals surface area contributed by atoms with Gasteiger partial charge < -0.3 is 10.2 Å². The third kappa shape index (κ3) is 9.55. The average molecular weight is 465 g/mol. The van der Waals surface area contributed by atoms with Gasteiger partial charge in [-0.3, -0.25) is 0 Å². The largest absolute Gasteiger partial charge is 0.507 e. The van der Waals surface area contributed by atoms with Crippen molar-refractivity contribution >= 4 is 6.08 Å². The van der Waals surface area contributed by atoms with Crippen LogP contribution in [0.4, 0.5) is 0 Å². The van der Waals surface area contributed by atoms with E-state index < -0.39 is 0 Å². The van der Waals surface area contributed by atoms with E-state index in [0.29, 0.717) is 17.7 Å². The molecule has 0 fully saturated rings. The molecule has 0 aliphatic carbocycles. The van der Waals surface area contributed by atoms with Crippen molar-refractivity contribution in [2.24, 2.45) is 0 Å². The first-order valence-electron chi connectivity index (χ1n) is 12.5. The molecule has 0 saturated heterocycles. The van der Waals surface area contributed by atoms with Gasteiger partial charge in [-0.2, -0.15) is 0 Å². The molecule has 0 amide bonds. The summed E-state index contributed by atoms with van der Waals surface area (Å²) in [5.74, 6) is 0.523. The van der Waals surface area contributed by atoms with Gasteiger partial charge in [-0.25, -0.2) is 0 Å². The minimum absolute atomic E-state index is 0.174. The van der Waals surface area contributed by atoms with Crippen LogP contribution in [0.2, 0.25) is 0 Å². The monoisotopic (exact) mass is 464 g/mol. The van der Waals surface area contributed by atoms with Crippen LogP contribution in [0.3, 0.4) is 0 Å². The van der Waals surface area contributed by atoms with E-state index in [9.17, 15) is 10.2 Å². The summed E-state index contributed by atoms with van der Waals surface area (Å²) in [5.41, 5.74) is 23.7. The molecule has 2 aromatic rings. The van der Waals surface area contributed by atoms with E-state index in [1.165, 1.54) is 38.5 Å². The highest BCUT2D eigenvalue weighted by Gasteiger charge is 2.13. The first-order chi connectivity index (χ1) is 17.0. The summed E-state index contributed by atoms with van der Waals surface area (Å²) in [6.45, 7) is 9.66. The number of phenolic OH excluding ortho intramolecular Hbond substituents is 2. The lowest BCUT2D eigenvalue weighted by atomic mass is 9.94. The molecular formula is C33H36O2. The van der Waals surface area contributed by atoms with Crippen LogP contribution in [0.5, 0.6) is 11.5 Å². The Morgan fingerprint density at radius 1 is 0.714 bits per heavy atom. The Morgan fingerprint density at radius 3 is 2.00 bits per heavy atom. The first-order valence-corrected chi connectivity index (χ1v) is 12.5. The van der Waals surface area contributed by atoms with E-state index >= 15 is 0 Å². The van der Waals surface area contributed by atoms with Crippen LogP contribution in [0.25, 0.3) is 6.08 Å². The molecule has 2 nitrogen and oxygen atoms in total. The molecule has 0 aliphatic heterocycles. The summed E-state index contributed by atoms with van der Waals surface area (Å²) in [6.07, 6.45) is 11.7. The van der Waals surface area contributed by atoms with Gasteiger partial charge in [0.1, 0.15) is 11.5 Å². The molecule has 2 aromatic carbocycles. The molecule has 0 unspecified atom stereocenters. The minimum Gasteiger partial charge on any atom is -0.507 e. The Bertz CT molecular complexity index is 1280. The molecule has 2 N–H and O–H groups in total. The highest BCUT2D eigenvalue weighted by Crippen LogP contribution is 2.33. The predicted octanol–water partition coefficient (Wildman–Crippen LogP) is 8.33. The van der Waals surface area contributed by atoms with Crippen molar-refractivity contribution in [2.75, 3.05) is 0 Å². The smallest absolute Gasteiger partial charge is 0.126 e. The zero-order valence-electron chi connectivity index (χ0n) is 21.4. The highest BCUT2D eigenvalue weighted by atomic mass is 16.3. The molecule has 0 spiro atoms. The molecule has 0 atom stereocenters. The zero-order chi connectivity index (χ0) is 25.5. The summed E-state index contributed by atoms with van der Waals surface area (Å²) in [6, 6.07) is 7.93. The number of benzene rings is 2. The molecule has 35 heavy (non-hydrogen) atoms. The zero-order valence-corrected chi connectivity index (χ0v) is 21.4. The van der Waals surface area contributed by atoms with Gasteiger partial charge in [-0.15, -0.1) is 0 Å². The fraction of sp³-hybridized carbons (Fsp3) is 0.364. The lowest BCUT2D eigenvalue weighted by molar-refractivity contribution is 0.456. The molecule has 0 heterocycles. The molecule has 0 bridgehead atoms. The van der Waals surface area contributed by atoms with E-state index in [-0.39, 0.29) is 5.75 Å². The van der Waals surface area contributed by atoms with Gasteiger partial charge in [0, 0.05) is 18.1 Å². The van der Waals surface area contributed by atoms with Crippen LogP contribution in [0, 0.1) is 13.8 Å². The van der Waals surface area contributed by atoms with E-state index in [1.807, 2.05) is 25.1 Å². The molecule has 180 valence electrons. The summed E-state index contributed by atoms with van der Waals surface area (Å²) >= 11 is 0. The lowest BCUT2D eigenvalue weighted by Crippen LogP contribution is -1.97. The Hall–Kier alpha value is -3.76. The Kier molecular flexibility index (Phi) is 11.9. The summed E-state index contributed by atoms with van der Waals surface area (Å²) in [4.78, 5) is 0. The Labute approximate surface area is 210 Å². The minimum atomic E-state index is 0.174. The molecule has 0 aliphatic rings. The lowest BCUT2D eigenvalue weighted by Gasteiger charge is -2.14. The Balaban J connectivity index is 2.23. The highest BCUT2D eigenvalue weighted by molar-refractivity contribution is 5.61. The molecule has 2 rings (SSSR count). The van der Waals surface area contributed by atoms with Crippen LogP contribution in [-0.2, 0) is 12.8 Å². The average Bonchev–Trinajstić information content (AvgIpc) is 2.83. The van der Waals surface area contributed by atoms with Crippen molar-refractivity contribution in [2.45, 2.75) is 78.6 Å². The van der Waals surface area contributed by atoms with Crippen molar-refractivity contribution in [1.29, 1.82) is 0 Å². The first kappa shape index (κ1) is 27.5. The fourth-order valence-electron chi connectivity index (χ4n) is 4.15. The fourth-order valence-corrected chi connectivity index (χ4v) is 4.15. The molecule has 0 aromatic heterocycles. The third-order valence-electron chi connectivity index (χ3n) is 5.84. The number of rotatable bonds is 11. The van der Waals surface area contributed by atoms with E-state index in [0.717, 1.165) is 40.7 Å². The van der Waals surface area contributed by atoms with Gasteiger partial charge in [0.05, 0.1) is 0 Å². The van der Waals surface area contributed by atoms with Crippen LogP contribution < -0.4 is 0 Å². The topological polar surface area (TPSA) is 40.5 Å². The number of phenols is 2. The molecule has 2 heteroatoms. The van der Waals surface area contributed by atoms with Crippen LogP contribution >= 0.6 is 0 Å². The van der Waals surface area contributed by atoms with Crippen LogP contribution in [0.15, 0.2) is 71.0 Å². The molecular weight excluding hydrogens is 428 g/mol. The van der Waals surface area contributed by atoms with Crippen molar-refractivity contribution < 1.29 is 10.2 Å². The van der Waals surface area contributed by atoms with Gasteiger partial charge >= 0.3 is 0 Å². The second kappa shape index (κ2) is 15.2. The maximum absolute atomic E-state index is 11.0. The summed E-state index contributed by atoms with van der Waals surface area (Å²) in [7, 11) is 0. The molecule has 0 saturated carbocycles. The second-order valence-electron chi connectivity index (χ2n) is 8.93. The van der Waals surface area contributed by atoms with Crippen molar-refractivity contribution in [3.05, 3.63) is 104 Å². The SMILES string of the molecule is C=C=C=C=C=C=C=C=Cc1cc(C)cc(Cc2cc(C)cc(CCCCCCCCC)c2O)c1O. The maximum atomic E-state index is 11.0. The number of aryl methyl sites for hydroxylation is 3. The van der Waals surface area contributed by atoms with Crippen LogP contribution in [-0.4, -0.2) is 10.2 Å². The normalized spacial score (nSPS) is 9.57. The number of hydrogen-bond donors (Lipinski definition) is 2. The van der Waals surface area contributed by atoms with E-state index in [4.69, 9.17) is 0 Å². The van der Waals surface area contributed by atoms with Crippen molar-refractivity contribution in [1.82, 2.24) is 0 Å². The summed E-state index contributed by atoms with van der Waals surface area (Å²) in [5, 5.41) is 21.9. The van der Waals surface area contributed by atoms with Gasteiger partial charge in [0.2, 0.25) is 0 Å². The standard InChI is InChI=1S/C33H36O2/c1-5-7-9-11-13-15-17-19-28-21-26(3)23-30(32(28)34)25-31-24-27(4)22-29(33(31)35)20-18-16-14-12-10-8-6-2/h19,21-24,34-35H,1,6,8,10,12,14,16,18,20,25H2,2-4H3. The van der Waals surface area contributed by atoms with E-state index in [2.05, 4.69) is 66.6 Å². The number of aromatic hydroxyl groups is 2. The quantitative estimate of drug-likeness (QED) is 0.259. The maximum Gasteiger partial charge on any atom is 0.126 e. The predicted molar refractivity (Wildman–Crippen MR) is 145 cm³/mol. The molecule has 0 radical (unpaired) electrons. The van der Waals surface area contributed by atoms with Crippen LogP contribution in [0.1, 0.15) is 85.3 Å². The van der Waals surface area contributed by atoms with Gasteiger partial charge in [0.25, 0.3) is 0 Å². The van der Waals surface area contributed by atoms with Crippen molar-refractivity contribution in [3.8, 4) is 11.5 Å². The number of unbranched alkanes of at least 4 members (excludes halogenated alkanes) is 6. The Morgan fingerprint density at radius 2 is 1.29 bits per heavy atom. The van der Waals surface area contributed by atoms with Crippen molar-refractivity contribution in [3.63, 3.8) is 0 Å². The van der Waals surface area contributed by atoms with Gasteiger partial charge in [-0.1, -0.05) is 80.7 Å². The van der Waals surface area contributed by atoms with Gasteiger partial charge in [-0.05, 0) is 90.2 Å². The number of hydrogen-bond acceptors (Lipinski definition) is 2. The summed E-state index contributed by atoms with van der Waals surface area (Å²) < 4.78 is 0.